The fraction of sp³-hybridized carbons (Fsp3) is 0.188. The van der Waals surface area contributed by atoms with E-state index in [0.29, 0.717) is 17.1 Å². The molecule has 21 heavy (non-hydrogen) atoms. The minimum absolute atomic E-state index is 0.0731. The van der Waals surface area contributed by atoms with Crippen LogP contribution in [0.25, 0.3) is 0 Å². The Kier molecular flexibility index (Phi) is 4.66. The lowest BCUT2D eigenvalue weighted by molar-refractivity contribution is -0.118. The first kappa shape index (κ1) is 14.7. The third kappa shape index (κ3) is 4.14. The van der Waals surface area contributed by atoms with Crippen molar-refractivity contribution in [3.8, 4) is 11.5 Å². The number of ether oxygens (including phenoxy) is 2. The van der Waals surface area contributed by atoms with Crippen LogP contribution < -0.4 is 20.5 Å². The van der Waals surface area contributed by atoms with Crippen LogP contribution in [0.15, 0.2) is 42.5 Å². The molecule has 0 heterocycles. The molecule has 0 saturated heterocycles. The molecule has 0 unspecified atom stereocenters. The fourth-order valence-electron chi connectivity index (χ4n) is 1.79. The molecule has 2 rings (SSSR count). The van der Waals surface area contributed by atoms with Crippen LogP contribution in [0.4, 0.5) is 11.4 Å². The van der Waals surface area contributed by atoms with Gasteiger partial charge in [-0.25, -0.2) is 0 Å². The molecule has 0 bridgehead atoms. The Balaban J connectivity index is 1.91. The van der Waals surface area contributed by atoms with Gasteiger partial charge in [-0.3, -0.25) is 4.79 Å². The first-order valence-corrected chi connectivity index (χ1v) is 6.51. The fourth-order valence-corrected chi connectivity index (χ4v) is 1.79. The van der Waals surface area contributed by atoms with E-state index < -0.39 is 0 Å². The Hall–Kier alpha value is -2.69. The molecule has 0 radical (unpaired) electrons. The van der Waals surface area contributed by atoms with Gasteiger partial charge in [-0.05, 0) is 42.8 Å². The van der Waals surface area contributed by atoms with Crippen molar-refractivity contribution in [2.24, 2.45) is 0 Å². The molecule has 5 nitrogen and oxygen atoms in total. The molecule has 3 N–H and O–H groups in total. The van der Waals surface area contributed by atoms with Gasteiger partial charge in [0.1, 0.15) is 11.5 Å². The summed E-state index contributed by atoms with van der Waals surface area (Å²) in [4.78, 5) is 11.8. The monoisotopic (exact) mass is 286 g/mol. The SMILES string of the molecule is COc1ccc(NC(=O)COc2cc(N)ccc2C)cc1. The number of anilines is 2. The highest BCUT2D eigenvalue weighted by molar-refractivity contribution is 5.91. The average molecular weight is 286 g/mol. The number of methoxy groups -OCH3 is 1. The second-order valence-corrected chi connectivity index (χ2v) is 4.59. The van der Waals surface area contributed by atoms with Gasteiger partial charge in [0.2, 0.25) is 0 Å². The minimum atomic E-state index is -0.234. The predicted octanol–water partition coefficient (Wildman–Crippen LogP) is 2.60. The van der Waals surface area contributed by atoms with Gasteiger partial charge in [0.05, 0.1) is 7.11 Å². The number of carbonyl (C=O) groups excluding carboxylic acids is 1. The van der Waals surface area contributed by atoms with Crippen LogP contribution in [0.3, 0.4) is 0 Å². The molecule has 0 fully saturated rings. The number of hydrogen-bond donors (Lipinski definition) is 2. The molecule has 1 amide bonds. The van der Waals surface area contributed by atoms with Crippen molar-refractivity contribution >= 4 is 17.3 Å². The molecule has 2 aromatic rings. The zero-order valence-corrected chi connectivity index (χ0v) is 12.1. The zero-order valence-electron chi connectivity index (χ0n) is 12.1. The summed E-state index contributed by atoms with van der Waals surface area (Å²) in [6.07, 6.45) is 0. The van der Waals surface area contributed by atoms with Crippen molar-refractivity contribution in [2.45, 2.75) is 6.92 Å². The molecular weight excluding hydrogens is 268 g/mol. The Bertz CT molecular complexity index is 624. The summed E-state index contributed by atoms with van der Waals surface area (Å²) in [5.41, 5.74) is 7.92. The van der Waals surface area contributed by atoms with Gasteiger partial charge in [-0.2, -0.15) is 0 Å². The quantitative estimate of drug-likeness (QED) is 0.829. The average Bonchev–Trinajstić information content (AvgIpc) is 2.49. The number of aryl methyl sites for hydroxylation is 1. The maximum absolute atomic E-state index is 11.8. The summed E-state index contributed by atoms with van der Waals surface area (Å²) >= 11 is 0. The topological polar surface area (TPSA) is 73.6 Å². The second kappa shape index (κ2) is 6.65. The molecule has 0 spiro atoms. The van der Waals surface area contributed by atoms with Crippen LogP contribution in [0.2, 0.25) is 0 Å². The van der Waals surface area contributed by atoms with E-state index in [9.17, 15) is 4.79 Å². The number of nitrogen functional groups attached to an aromatic ring is 1. The predicted molar refractivity (Wildman–Crippen MR) is 82.7 cm³/mol. The van der Waals surface area contributed by atoms with Crippen LogP contribution in [0, 0.1) is 6.92 Å². The Morgan fingerprint density at radius 2 is 1.90 bits per heavy atom. The maximum Gasteiger partial charge on any atom is 0.262 e. The molecule has 0 aliphatic heterocycles. The van der Waals surface area contributed by atoms with Crippen molar-refractivity contribution < 1.29 is 14.3 Å². The van der Waals surface area contributed by atoms with E-state index >= 15 is 0 Å². The Morgan fingerprint density at radius 1 is 1.19 bits per heavy atom. The van der Waals surface area contributed by atoms with Crippen molar-refractivity contribution in [3.05, 3.63) is 48.0 Å². The third-order valence-corrected chi connectivity index (χ3v) is 2.94. The number of benzene rings is 2. The molecule has 0 atom stereocenters. The van der Waals surface area contributed by atoms with Crippen molar-refractivity contribution in [1.82, 2.24) is 0 Å². The summed E-state index contributed by atoms with van der Waals surface area (Å²) in [5.74, 6) is 1.11. The van der Waals surface area contributed by atoms with Gasteiger partial charge >= 0.3 is 0 Å². The number of rotatable bonds is 5. The molecule has 0 aliphatic rings. The lowest BCUT2D eigenvalue weighted by Crippen LogP contribution is -2.20. The molecule has 2 aromatic carbocycles. The highest BCUT2D eigenvalue weighted by Crippen LogP contribution is 2.20. The summed E-state index contributed by atoms with van der Waals surface area (Å²) in [5, 5.41) is 2.75. The number of amides is 1. The second-order valence-electron chi connectivity index (χ2n) is 4.59. The molecular formula is C16H18N2O3. The standard InChI is InChI=1S/C16H18N2O3/c1-11-3-4-12(17)9-15(11)21-10-16(19)18-13-5-7-14(20-2)8-6-13/h3-9H,10,17H2,1-2H3,(H,18,19). The number of nitrogens with two attached hydrogens (primary N) is 1. The smallest absolute Gasteiger partial charge is 0.262 e. The van der Waals surface area contributed by atoms with Crippen molar-refractivity contribution in [2.75, 3.05) is 24.8 Å². The lowest BCUT2D eigenvalue weighted by atomic mass is 10.2. The number of carbonyl (C=O) groups is 1. The third-order valence-electron chi connectivity index (χ3n) is 2.94. The number of hydrogen-bond acceptors (Lipinski definition) is 4. The van der Waals surface area contributed by atoms with Crippen molar-refractivity contribution in [3.63, 3.8) is 0 Å². The van der Waals surface area contributed by atoms with Gasteiger partial charge in [0.15, 0.2) is 6.61 Å². The van der Waals surface area contributed by atoms with E-state index in [2.05, 4.69) is 5.32 Å². The lowest BCUT2D eigenvalue weighted by Gasteiger charge is -2.10. The largest absolute Gasteiger partial charge is 0.497 e. The molecule has 0 aromatic heterocycles. The highest BCUT2D eigenvalue weighted by atomic mass is 16.5. The van der Waals surface area contributed by atoms with E-state index in [1.54, 1.807) is 43.5 Å². The summed E-state index contributed by atoms with van der Waals surface area (Å²) in [6.45, 7) is 1.83. The molecule has 0 aliphatic carbocycles. The van der Waals surface area contributed by atoms with E-state index in [0.717, 1.165) is 11.3 Å². The number of nitrogens with one attached hydrogen (secondary N) is 1. The van der Waals surface area contributed by atoms with Crippen LogP contribution in [-0.2, 0) is 4.79 Å². The molecule has 0 saturated carbocycles. The van der Waals surface area contributed by atoms with E-state index in [4.69, 9.17) is 15.2 Å². The molecule has 5 heteroatoms. The van der Waals surface area contributed by atoms with Gasteiger partial charge in [-0.15, -0.1) is 0 Å². The van der Waals surface area contributed by atoms with Crippen LogP contribution >= 0.6 is 0 Å². The van der Waals surface area contributed by atoms with Crippen LogP contribution in [-0.4, -0.2) is 19.6 Å². The zero-order chi connectivity index (χ0) is 15.2. The van der Waals surface area contributed by atoms with E-state index in [1.807, 2.05) is 13.0 Å². The van der Waals surface area contributed by atoms with Crippen molar-refractivity contribution in [1.29, 1.82) is 0 Å². The Labute approximate surface area is 123 Å². The maximum atomic E-state index is 11.8. The molecule has 110 valence electrons. The van der Waals surface area contributed by atoms with Crippen LogP contribution in [0.5, 0.6) is 11.5 Å². The van der Waals surface area contributed by atoms with E-state index in [-0.39, 0.29) is 12.5 Å². The normalized spacial score (nSPS) is 10.0. The summed E-state index contributed by atoms with van der Waals surface area (Å²) in [6, 6.07) is 12.4. The Morgan fingerprint density at radius 3 is 2.57 bits per heavy atom. The first-order chi connectivity index (χ1) is 10.1. The van der Waals surface area contributed by atoms with Gasteiger partial charge in [0, 0.05) is 17.4 Å². The minimum Gasteiger partial charge on any atom is -0.497 e. The van der Waals surface area contributed by atoms with Gasteiger partial charge < -0.3 is 20.5 Å². The summed E-state index contributed by atoms with van der Waals surface area (Å²) in [7, 11) is 1.59. The van der Waals surface area contributed by atoms with Gasteiger partial charge in [-0.1, -0.05) is 6.07 Å². The highest BCUT2D eigenvalue weighted by Gasteiger charge is 2.06. The van der Waals surface area contributed by atoms with Gasteiger partial charge in [0.25, 0.3) is 5.91 Å². The summed E-state index contributed by atoms with van der Waals surface area (Å²) < 4.78 is 10.5. The van der Waals surface area contributed by atoms with Crippen LogP contribution in [0.1, 0.15) is 5.56 Å². The first-order valence-electron chi connectivity index (χ1n) is 6.51. The van der Waals surface area contributed by atoms with E-state index in [1.165, 1.54) is 0 Å².